The van der Waals surface area contributed by atoms with Crippen molar-refractivity contribution in [3.8, 4) is 5.75 Å². The molecule has 1 unspecified atom stereocenters. The van der Waals surface area contributed by atoms with Gasteiger partial charge >= 0.3 is 0 Å². The van der Waals surface area contributed by atoms with Crippen molar-refractivity contribution in [2.45, 2.75) is 32.5 Å². The molecule has 0 spiro atoms. The Hall–Kier alpha value is -1.84. The third-order valence-electron chi connectivity index (χ3n) is 3.19. The third-order valence-corrected chi connectivity index (χ3v) is 3.19. The van der Waals surface area contributed by atoms with E-state index in [0.29, 0.717) is 6.61 Å². The SMILES string of the molecule is CC(O)CCc1ccc(OCOCc2ccccc2)cc1. The van der Waals surface area contributed by atoms with Crippen LogP contribution in [0.3, 0.4) is 0 Å². The lowest BCUT2D eigenvalue weighted by Crippen LogP contribution is -2.03. The van der Waals surface area contributed by atoms with E-state index < -0.39 is 0 Å². The van der Waals surface area contributed by atoms with Crippen LogP contribution in [-0.4, -0.2) is 18.0 Å². The summed E-state index contributed by atoms with van der Waals surface area (Å²) >= 11 is 0. The van der Waals surface area contributed by atoms with Gasteiger partial charge in [-0.3, -0.25) is 0 Å². The Morgan fingerprint density at radius 3 is 2.33 bits per heavy atom. The minimum absolute atomic E-state index is 0.238. The second-order valence-electron chi connectivity index (χ2n) is 5.13. The molecule has 0 aliphatic rings. The van der Waals surface area contributed by atoms with Crippen LogP contribution in [0.5, 0.6) is 5.75 Å². The summed E-state index contributed by atoms with van der Waals surface area (Å²) in [6.07, 6.45) is 1.40. The van der Waals surface area contributed by atoms with Crippen molar-refractivity contribution < 1.29 is 14.6 Å². The summed E-state index contributed by atoms with van der Waals surface area (Å²) in [6, 6.07) is 17.9. The maximum absolute atomic E-state index is 9.26. The lowest BCUT2D eigenvalue weighted by Gasteiger charge is -2.09. The number of benzene rings is 2. The molecule has 0 aliphatic heterocycles. The highest BCUT2D eigenvalue weighted by Gasteiger charge is 1.99. The predicted molar refractivity (Wildman–Crippen MR) is 83.2 cm³/mol. The number of aryl methyl sites for hydroxylation is 1. The van der Waals surface area contributed by atoms with Gasteiger partial charge in [0.25, 0.3) is 0 Å². The highest BCUT2D eigenvalue weighted by atomic mass is 16.7. The summed E-state index contributed by atoms with van der Waals surface area (Å²) in [4.78, 5) is 0. The molecule has 0 bridgehead atoms. The molecule has 0 amide bonds. The summed E-state index contributed by atoms with van der Waals surface area (Å²) < 4.78 is 11.0. The van der Waals surface area contributed by atoms with Crippen LogP contribution in [0.1, 0.15) is 24.5 Å². The molecule has 2 aromatic rings. The normalized spacial score (nSPS) is 12.1. The zero-order valence-corrected chi connectivity index (χ0v) is 12.4. The summed E-state index contributed by atoms with van der Waals surface area (Å²) in [7, 11) is 0. The van der Waals surface area contributed by atoms with Gasteiger partial charge in [0.05, 0.1) is 12.7 Å². The summed E-state index contributed by atoms with van der Waals surface area (Å²) in [6.45, 7) is 2.59. The summed E-state index contributed by atoms with van der Waals surface area (Å²) in [5, 5.41) is 9.26. The number of aliphatic hydroxyl groups excluding tert-OH is 1. The number of rotatable bonds is 8. The predicted octanol–water partition coefficient (Wildman–Crippen LogP) is 3.55. The molecule has 1 atom stereocenters. The van der Waals surface area contributed by atoms with Crippen LogP contribution in [-0.2, 0) is 17.8 Å². The van der Waals surface area contributed by atoms with Gasteiger partial charge in [-0.2, -0.15) is 0 Å². The van der Waals surface area contributed by atoms with Gasteiger partial charge in [0, 0.05) is 0 Å². The van der Waals surface area contributed by atoms with Crippen LogP contribution < -0.4 is 4.74 Å². The first-order valence-electron chi connectivity index (χ1n) is 7.25. The van der Waals surface area contributed by atoms with E-state index in [1.807, 2.05) is 61.5 Å². The van der Waals surface area contributed by atoms with E-state index in [1.165, 1.54) is 5.56 Å². The fourth-order valence-corrected chi connectivity index (χ4v) is 1.97. The second kappa shape index (κ2) is 8.45. The third kappa shape index (κ3) is 5.98. The molecule has 0 saturated heterocycles. The lowest BCUT2D eigenvalue weighted by atomic mass is 10.1. The van der Waals surface area contributed by atoms with Crippen molar-refractivity contribution >= 4 is 0 Å². The van der Waals surface area contributed by atoms with Crippen LogP contribution >= 0.6 is 0 Å². The van der Waals surface area contributed by atoms with Crippen LogP contribution in [0, 0.1) is 0 Å². The zero-order chi connectivity index (χ0) is 14.9. The van der Waals surface area contributed by atoms with E-state index in [2.05, 4.69) is 0 Å². The van der Waals surface area contributed by atoms with Crippen molar-refractivity contribution in [1.29, 1.82) is 0 Å². The highest BCUT2D eigenvalue weighted by Crippen LogP contribution is 2.14. The number of hydrogen-bond acceptors (Lipinski definition) is 3. The molecule has 0 saturated carbocycles. The number of ether oxygens (including phenoxy) is 2. The van der Waals surface area contributed by atoms with Crippen LogP contribution in [0.25, 0.3) is 0 Å². The monoisotopic (exact) mass is 286 g/mol. The first kappa shape index (κ1) is 15.5. The second-order valence-corrected chi connectivity index (χ2v) is 5.13. The van der Waals surface area contributed by atoms with Crippen molar-refractivity contribution in [3.63, 3.8) is 0 Å². The average Bonchev–Trinajstić information content (AvgIpc) is 2.52. The van der Waals surface area contributed by atoms with Crippen LogP contribution in [0.2, 0.25) is 0 Å². The fraction of sp³-hybridized carbons (Fsp3) is 0.333. The molecular formula is C18H22O3. The molecule has 0 fully saturated rings. The van der Waals surface area contributed by atoms with Gasteiger partial charge in [0.1, 0.15) is 5.75 Å². The summed E-state index contributed by atoms with van der Waals surface area (Å²) in [5.74, 6) is 0.795. The molecular weight excluding hydrogens is 264 g/mol. The largest absolute Gasteiger partial charge is 0.468 e. The quantitative estimate of drug-likeness (QED) is 0.596. The Bertz CT molecular complexity index is 506. The topological polar surface area (TPSA) is 38.7 Å². The average molecular weight is 286 g/mol. The molecule has 1 N–H and O–H groups in total. The van der Waals surface area contributed by atoms with Gasteiger partial charge in [0.15, 0.2) is 6.79 Å². The molecule has 2 rings (SSSR count). The summed E-state index contributed by atoms with van der Waals surface area (Å²) in [5.41, 5.74) is 2.34. The molecule has 0 aliphatic carbocycles. The molecule has 0 aromatic heterocycles. The molecule has 3 heteroatoms. The van der Waals surface area contributed by atoms with Crippen LogP contribution in [0.15, 0.2) is 54.6 Å². The van der Waals surface area contributed by atoms with E-state index in [0.717, 1.165) is 24.2 Å². The lowest BCUT2D eigenvalue weighted by molar-refractivity contribution is 0.00504. The highest BCUT2D eigenvalue weighted by molar-refractivity contribution is 5.27. The first-order chi connectivity index (χ1) is 10.2. The fourth-order valence-electron chi connectivity index (χ4n) is 1.97. The van der Waals surface area contributed by atoms with E-state index >= 15 is 0 Å². The Kier molecular flexibility index (Phi) is 6.25. The maximum Gasteiger partial charge on any atom is 0.189 e. The Labute approximate surface area is 126 Å². The Morgan fingerprint density at radius 2 is 1.67 bits per heavy atom. The first-order valence-corrected chi connectivity index (χ1v) is 7.25. The minimum Gasteiger partial charge on any atom is -0.468 e. The standard InChI is InChI=1S/C18H22O3/c1-15(19)7-8-16-9-11-18(12-10-16)21-14-20-13-17-5-3-2-4-6-17/h2-6,9-12,15,19H,7-8,13-14H2,1H3. The number of hydrogen-bond donors (Lipinski definition) is 1. The Morgan fingerprint density at radius 1 is 0.952 bits per heavy atom. The van der Waals surface area contributed by atoms with Gasteiger partial charge in [-0.05, 0) is 43.0 Å². The molecule has 3 nitrogen and oxygen atoms in total. The van der Waals surface area contributed by atoms with E-state index in [-0.39, 0.29) is 12.9 Å². The molecule has 0 heterocycles. The van der Waals surface area contributed by atoms with Gasteiger partial charge in [-0.1, -0.05) is 42.5 Å². The van der Waals surface area contributed by atoms with Crippen molar-refractivity contribution in [2.75, 3.05) is 6.79 Å². The van der Waals surface area contributed by atoms with Gasteiger partial charge in [0.2, 0.25) is 0 Å². The van der Waals surface area contributed by atoms with Crippen molar-refractivity contribution in [1.82, 2.24) is 0 Å². The zero-order valence-electron chi connectivity index (χ0n) is 12.4. The van der Waals surface area contributed by atoms with E-state index in [9.17, 15) is 5.11 Å². The van der Waals surface area contributed by atoms with Gasteiger partial charge in [-0.25, -0.2) is 0 Å². The maximum atomic E-state index is 9.26. The van der Waals surface area contributed by atoms with Crippen LogP contribution in [0.4, 0.5) is 0 Å². The molecule has 2 aromatic carbocycles. The van der Waals surface area contributed by atoms with Gasteiger partial charge in [-0.15, -0.1) is 0 Å². The van der Waals surface area contributed by atoms with Crippen molar-refractivity contribution in [3.05, 3.63) is 65.7 Å². The van der Waals surface area contributed by atoms with E-state index in [1.54, 1.807) is 0 Å². The smallest absolute Gasteiger partial charge is 0.189 e. The van der Waals surface area contributed by atoms with Crippen molar-refractivity contribution in [2.24, 2.45) is 0 Å². The molecule has 112 valence electrons. The molecule has 21 heavy (non-hydrogen) atoms. The van der Waals surface area contributed by atoms with E-state index in [4.69, 9.17) is 9.47 Å². The Balaban J connectivity index is 1.69. The van der Waals surface area contributed by atoms with Gasteiger partial charge < -0.3 is 14.6 Å². The minimum atomic E-state index is -0.257. The molecule has 0 radical (unpaired) electrons. The number of aliphatic hydroxyl groups is 1.